The molecule has 0 bridgehead atoms. The Bertz CT molecular complexity index is 704. The van der Waals surface area contributed by atoms with Crippen molar-refractivity contribution in [2.45, 2.75) is 32.6 Å². The van der Waals surface area contributed by atoms with Crippen LogP contribution in [0.5, 0.6) is 11.5 Å². The van der Waals surface area contributed by atoms with Crippen molar-refractivity contribution in [1.82, 2.24) is 0 Å². The van der Waals surface area contributed by atoms with Crippen molar-refractivity contribution < 1.29 is 10.2 Å². The first-order chi connectivity index (χ1) is 10.2. The largest absolute Gasteiger partial charge is 0.507 e. The molecular weight excluding hydrogens is 280 g/mol. The number of phenols is 2. The molecule has 110 valence electrons. The van der Waals surface area contributed by atoms with E-state index < -0.39 is 0 Å². The highest BCUT2D eigenvalue weighted by Gasteiger charge is 2.21. The number of rotatable bonds is 4. The molecule has 0 heterocycles. The number of fused-ring (bicyclic) bond motifs is 2. The summed E-state index contributed by atoms with van der Waals surface area (Å²) in [5.74, 6) is 1.78. The topological polar surface area (TPSA) is 40.5 Å². The summed E-state index contributed by atoms with van der Waals surface area (Å²) in [7, 11) is 0. The number of hydrogen-bond acceptors (Lipinski definition) is 3. The second kappa shape index (κ2) is 6.02. The van der Waals surface area contributed by atoms with Gasteiger partial charge in [0, 0.05) is 28.3 Å². The van der Waals surface area contributed by atoms with Crippen molar-refractivity contribution in [2.24, 2.45) is 0 Å². The minimum atomic E-state index is 0.326. The Balaban J connectivity index is 1.98. The lowest BCUT2D eigenvalue weighted by atomic mass is 9.91. The normalized spacial score (nSPS) is 14.0. The van der Waals surface area contributed by atoms with Crippen molar-refractivity contribution in [2.75, 3.05) is 5.75 Å². The fourth-order valence-corrected chi connectivity index (χ4v) is 3.98. The maximum absolute atomic E-state index is 10.6. The summed E-state index contributed by atoms with van der Waals surface area (Å²) in [6, 6.07) is 7.51. The van der Waals surface area contributed by atoms with E-state index in [0.29, 0.717) is 17.9 Å². The smallest absolute Gasteiger partial charge is 0.127 e. The number of benzene rings is 2. The highest BCUT2D eigenvalue weighted by molar-refractivity contribution is 8.03. The molecule has 0 saturated carbocycles. The van der Waals surface area contributed by atoms with E-state index in [9.17, 15) is 10.2 Å². The number of allylic oxidation sites excluding steroid dienone is 2. The summed E-state index contributed by atoms with van der Waals surface area (Å²) in [6.07, 6.45) is 6.04. The summed E-state index contributed by atoms with van der Waals surface area (Å²) in [4.78, 5) is 1.31. The van der Waals surface area contributed by atoms with Crippen LogP contribution in [-0.2, 0) is 12.8 Å². The number of phenolic OH excluding ortho intramolecular Hbond substituents is 2. The zero-order chi connectivity index (χ0) is 14.8. The molecule has 2 N–H and O–H groups in total. The Labute approximate surface area is 129 Å². The summed E-state index contributed by atoms with van der Waals surface area (Å²) < 4.78 is 0. The van der Waals surface area contributed by atoms with E-state index in [1.807, 2.05) is 36.0 Å². The SMILES string of the molecule is CCCCSC1=CCc2c(c(O)c3ccccc3c2O)C1. The maximum atomic E-state index is 10.6. The number of thioether (sulfide) groups is 1. The van der Waals surface area contributed by atoms with Crippen molar-refractivity contribution in [3.63, 3.8) is 0 Å². The zero-order valence-corrected chi connectivity index (χ0v) is 13.0. The Morgan fingerprint density at radius 3 is 2.38 bits per heavy atom. The number of hydrogen-bond donors (Lipinski definition) is 2. The first-order valence-corrected chi connectivity index (χ1v) is 8.47. The van der Waals surface area contributed by atoms with Crippen LogP contribution in [0.3, 0.4) is 0 Å². The van der Waals surface area contributed by atoms with Crippen molar-refractivity contribution in [3.8, 4) is 11.5 Å². The molecule has 0 unspecified atom stereocenters. The average Bonchev–Trinajstić information content (AvgIpc) is 2.53. The second-order valence-electron chi connectivity index (χ2n) is 5.45. The van der Waals surface area contributed by atoms with Gasteiger partial charge in [-0.1, -0.05) is 43.7 Å². The van der Waals surface area contributed by atoms with Gasteiger partial charge in [0.2, 0.25) is 0 Å². The molecule has 0 aromatic heterocycles. The molecular formula is C18H20O2S. The summed E-state index contributed by atoms with van der Waals surface area (Å²) in [6.45, 7) is 2.20. The number of unbranched alkanes of at least 4 members (excludes halogenated alkanes) is 1. The predicted octanol–water partition coefficient (Wildman–Crippen LogP) is 4.77. The molecule has 2 aromatic rings. The standard InChI is InChI=1S/C18H20O2S/c1-2-3-10-21-12-8-9-15-16(11-12)18(20)14-7-5-4-6-13(14)17(15)19/h4-8,19-20H,2-3,9-11H2,1H3. The molecule has 3 heteroatoms. The lowest BCUT2D eigenvalue weighted by molar-refractivity contribution is 0.459. The molecule has 0 aliphatic heterocycles. The maximum Gasteiger partial charge on any atom is 0.127 e. The quantitative estimate of drug-likeness (QED) is 0.631. The summed E-state index contributed by atoms with van der Waals surface area (Å²) in [5.41, 5.74) is 1.78. The lowest BCUT2D eigenvalue weighted by Crippen LogP contribution is -2.03. The molecule has 0 fully saturated rings. The van der Waals surface area contributed by atoms with Gasteiger partial charge in [0.05, 0.1) is 0 Å². The Kier molecular flexibility index (Phi) is 4.11. The van der Waals surface area contributed by atoms with E-state index in [0.717, 1.165) is 34.1 Å². The van der Waals surface area contributed by atoms with E-state index >= 15 is 0 Å². The average molecular weight is 300 g/mol. The Morgan fingerprint density at radius 2 is 1.71 bits per heavy atom. The van der Waals surface area contributed by atoms with Crippen molar-refractivity contribution in [1.29, 1.82) is 0 Å². The van der Waals surface area contributed by atoms with E-state index in [1.54, 1.807) is 0 Å². The fraction of sp³-hybridized carbons (Fsp3) is 0.333. The van der Waals surface area contributed by atoms with Gasteiger partial charge >= 0.3 is 0 Å². The van der Waals surface area contributed by atoms with Gasteiger partial charge < -0.3 is 10.2 Å². The molecule has 2 nitrogen and oxygen atoms in total. The molecule has 0 spiro atoms. The van der Waals surface area contributed by atoms with Gasteiger partial charge in [0.15, 0.2) is 0 Å². The zero-order valence-electron chi connectivity index (χ0n) is 12.2. The van der Waals surface area contributed by atoms with Gasteiger partial charge in [-0.05, 0) is 23.5 Å². The van der Waals surface area contributed by atoms with Crippen molar-refractivity contribution in [3.05, 3.63) is 46.4 Å². The molecule has 0 amide bonds. The van der Waals surface area contributed by atoms with Gasteiger partial charge in [-0.3, -0.25) is 0 Å². The van der Waals surface area contributed by atoms with Crippen molar-refractivity contribution >= 4 is 22.5 Å². The molecule has 1 aliphatic rings. The molecule has 3 rings (SSSR count). The molecule has 21 heavy (non-hydrogen) atoms. The highest BCUT2D eigenvalue weighted by Crippen LogP contribution is 2.43. The van der Waals surface area contributed by atoms with E-state index in [1.165, 1.54) is 17.7 Å². The van der Waals surface area contributed by atoms with Gasteiger partial charge in [-0.2, -0.15) is 0 Å². The van der Waals surface area contributed by atoms with Gasteiger partial charge in [-0.15, -0.1) is 11.8 Å². The first kappa shape index (κ1) is 14.3. The second-order valence-corrected chi connectivity index (χ2v) is 6.67. The lowest BCUT2D eigenvalue weighted by Gasteiger charge is -2.21. The third kappa shape index (κ3) is 2.62. The fourth-order valence-electron chi connectivity index (χ4n) is 2.84. The first-order valence-electron chi connectivity index (χ1n) is 7.48. The Morgan fingerprint density at radius 1 is 1.05 bits per heavy atom. The third-order valence-corrected chi connectivity index (χ3v) is 5.22. The molecule has 0 atom stereocenters. The third-order valence-electron chi connectivity index (χ3n) is 4.04. The van der Waals surface area contributed by atoms with Gasteiger partial charge in [0.1, 0.15) is 11.5 Å². The molecule has 0 saturated heterocycles. The highest BCUT2D eigenvalue weighted by atomic mass is 32.2. The summed E-state index contributed by atoms with van der Waals surface area (Å²) in [5, 5.41) is 22.5. The molecule has 2 aromatic carbocycles. The van der Waals surface area contributed by atoms with Crippen LogP contribution >= 0.6 is 11.8 Å². The monoisotopic (exact) mass is 300 g/mol. The van der Waals surface area contributed by atoms with Crippen LogP contribution in [0.15, 0.2) is 35.2 Å². The minimum absolute atomic E-state index is 0.326. The van der Waals surface area contributed by atoms with Crippen LogP contribution in [0.25, 0.3) is 10.8 Å². The van der Waals surface area contributed by atoms with E-state index in [2.05, 4.69) is 13.0 Å². The van der Waals surface area contributed by atoms with Crippen LogP contribution in [0.4, 0.5) is 0 Å². The van der Waals surface area contributed by atoms with Crippen LogP contribution in [0, 0.1) is 0 Å². The van der Waals surface area contributed by atoms with Crippen LogP contribution < -0.4 is 0 Å². The molecule has 1 aliphatic carbocycles. The van der Waals surface area contributed by atoms with E-state index in [-0.39, 0.29) is 0 Å². The van der Waals surface area contributed by atoms with E-state index in [4.69, 9.17) is 0 Å². The minimum Gasteiger partial charge on any atom is -0.507 e. The van der Waals surface area contributed by atoms with Crippen LogP contribution in [0.1, 0.15) is 30.9 Å². The van der Waals surface area contributed by atoms with Crippen LogP contribution in [0.2, 0.25) is 0 Å². The number of aromatic hydroxyl groups is 2. The predicted molar refractivity (Wildman–Crippen MR) is 90.1 cm³/mol. The van der Waals surface area contributed by atoms with Gasteiger partial charge in [-0.25, -0.2) is 0 Å². The van der Waals surface area contributed by atoms with Gasteiger partial charge in [0.25, 0.3) is 0 Å². The van der Waals surface area contributed by atoms with Crippen LogP contribution in [-0.4, -0.2) is 16.0 Å². The Hall–Kier alpha value is -1.61. The molecule has 0 radical (unpaired) electrons. The summed E-state index contributed by atoms with van der Waals surface area (Å²) >= 11 is 1.87.